The second kappa shape index (κ2) is 6.57. The van der Waals surface area contributed by atoms with Crippen LogP contribution in [0.4, 0.5) is 0 Å². The first-order valence-corrected chi connectivity index (χ1v) is 7.78. The average Bonchev–Trinajstić information content (AvgIpc) is 2.55. The van der Waals surface area contributed by atoms with Crippen molar-refractivity contribution < 1.29 is 5.11 Å². The first-order chi connectivity index (χ1) is 10.6. The van der Waals surface area contributed by atoms with Gasteiger partial charge in [-0.05, 0) is 37.2 Å². The number of nitrogens with zero attached hydrogens (tertiary/aromatic N) is 3. The van der Waals surface area contributed by atoms with Gasteiger partial charge in [0.1, 0.15) is 6.23 Å². The van der Waals surface area contributed by atoms with Crippen molar-refractivity contribution in [3.8, 4) is 11.3 Å². The molecule has 0 amide bonds. The van der Waals surface area contributed by atoms with Crippen LogP contribution in [0, 0.1) is 6.92 Å². The fourth-order valence-corrected chi connectivity index (χ4v) is 2.91. The van der Waals surface area contributed by atoms with E-state index in [0.29, 0.717) is 0 Å². The van der Waals surface area contributed by atoms with E-state index in [4.69, 9.17) is 0 Å². The zero-order valence-electron chi connectivity index (χ0n) is 13.2. The Balaban J connectivity index is 1.83. The molecule has 1 aliphatic heterocycles. The Labute approximate surface area is 132 Å². The highest BCUT2D eigenvalue weighted by Gasteiger charge is 2.22. The minimum absolute atomic E-state index is 0.544. The van der Waals surface area contributed by atoms with Crippen LogP contribution in [-0.4, -0.2) is 53.1 Å². The molecule has 1 saturated heterocycles. The zero-order valence-corrected chi connectivity index (χ0v) is 13.2. The standard InChI is InChI=1S/C18H23N3O/c1-14-5-4-8-19-17(14)15-6-3-7-16(13-15)18(22)21-11-9-20(2)10-12-21/h3-8,13,18,22H,9-12H2,1-2H3. The van der Waals surface area contributed by atoms with Gasteiger partial charge in [-0.15, -0.1) is 0 Å². The van der Waals surface area contributed by atoms with Crippen molar-refractivity contribution >= 4 is 0 Å². The van der Waals surface area contributed by atoms with Gasteiger partial charge >= 0.3 is 0 Å². The van der Waals surface area contributed by atoms with Gasteiger partial charge < -0.3 is 10.0 Å². The van der Waals surface area contributed by atoms with Crippen LogP contribution in [0.5, 0.6) is 0 Å². The van der Waals surface area contributed by atoms with Gasteiger partial charge in [0.15, 0.2) is 0 Å². The number of aliphatic hydroxyl groups is 1. The molecule has 1 atom stereocenters. The van der Waals surface area contributed by atoms with E-state index in [9.17, 15) is 5.11 Å². The summed E-state index contributed by atoms with van der Waals surface area (Å²) in [6.07, 6.45) is 1.27. The Morgan fingerprint density at radius 1 is 1.09 bits per heavy atom. The van der Waals surface area contributed by atoms with E-state index in [0.717, 1.165) is 48.6 Å². The molecule has 2 aromatic rings. The number of pyridine rings is 1. The molecule has 1 aromatic heterocycles. The molecule has 1 aromatic carbocycles. The van der Waals surface area contributed by atoms with E-state index in [-0.39, 0.29) is 0 Å². The topological polar surface area (TPSA) is 39.6 Å². The molecule has 4 nitrogen and oxygen atoms in total. The summed E-state index contributed by atoms with van der Waals surface area (Å²) in [4.78, 5) is 8.89. The molecular weight excluding hydrogens is 274 g/mol. The van der Waals surface area contributed by atoms with Crippen LogP contribution in [-0.2, 0) is 0 Å². The summed E-state index contributed by atoms with van der Waals surface area (Å²) in [6.45, 7) is 5.84. The Hall–Kier alpha value is -1.75. The molecule has 1 aliphatic rings. The summed E-state index contributed by atoms with van der Waals surface area (Å²) < 4.78 is 0. The van der Waals surface area contributed by atoms with Gasteiger partial charge in [0.25, 0.3) is 0 Å². The maximum absolute atomic E-state index is 10.7. The van der Waals surface area contributed by atoms with Crippen molar-refractivity contribution in [1.29, 1.82) is 0 Å². The Morgan fingerprint density at radius 2 is 1.86 bits per heavy atom. The number of hydrogen-bond donors (Lipinski definition) is 1. The average molecular weight is 297 g/mol. The lowest BCUT2D eigenvalue weighted by Crippen LogP contribution is -2.45. The molecule has 4 heteroatoms. The van der Waals surface area contributed by atoms with Crippen LogP contribution in [0.1, 0.15) is 17.4 Å². The number of aliphatic hydroxyl groups excluding tert-OH is 1. The Kier molecular flexibility index (Phi) is 4.52. The van der Waals surface area contributed by atoms with Crippen molar-refractivity contribution in [2.75, 3.05) is 33.2 Å². The summed E-state index contributed by atoms with van der Waals surface area (Å²) >= 11 is 0. The van der Waals surface area contributed by atoms with Gasteiger partial charge in [0, 0.05) is 37.9 Å². The smallest absolute Gasteiger partial charge is 0.133 e. The van der Waals surface area contributed by atoms with E-state index >= 15 is 0 Å². The fourth-order valence-electron chi connectivity index (χ4n) is 2.91. The lowest BCUT2D eigenvalue weighted by atomic mass is 10.0. The molecule has 22 heavy (non-hydrogen) atoms. The normalized spacial score (nSPS) is 18.3. The number of aryl methyl sites for hydroxylation is 1. The largest absolute Gasteiger partial charge is 0.374 e. The van der Waals surface area contributed by atoms with E-state index in [1.165, 1.54) is 0 Å². The van der Waals surface area contributed by atoms with E-state index in [2.05, 4.69) is 47.0 Å². The van der Waals surface area contributed by atoms with Gasteiger partial charge in [-0.25, -0.2) is 0 Å². The van der Waals surface area contributed by atoms with Crippen LogP contribution in [0.25, 0.3) is 11.3 Å². The maximum atomic E-state index is 10.7. The molecule has 3 rings (SSSR count). The third kappa shape index (κ3) is 3.19. The fraction of sp³-hybridized carbons (Fsp3) is 0.389. The summed E-state index contributed by atoms with van der Waals surface area (Å²) in [5.74, 6) is 0. The number of rotatable bonds is 3. The third-order valence-corrected chi connectivity index (χ3v) is 4.35. The van der Waals surface area contributed by atoms with Crippen molar-refractivity contribution in [3.63, 3.8) is 0 Å². The van der Waals surface area contributed by atoms with Gasteiger partial charge in [0.2, 0.25) is 0 Å². The van der Waals surface area contributed by atoms with Crippen LogP contribution in [0.3, 0.4) is 0 Å². The molecule has 0 saturated carbocycles. The lowest BCUT2D eigenvalue weighted by Gasteiger charge is -2.35. The van der Waals surface area contributed by atoms with Crippen LogP contribution in [0.2, 0.25) is 0 Å². The van der Waals surface area contributed by atoms with Gasteiger partial charge in [0.05, 0.1) is 5.69 Å². The highest BCUT2D eigenvalue weighted by atomic mass is 16.3. The number of piperazine rings is 1. The van der Waals surface area contributed by atoms with Gasteiger partial charge in [-0.2, -0.15) is 0 Å². The predicted molar refractivity (Wildman–Crippen MR) is 88.4 cm³/mol. The number of benzene rings is 1. The number of aromatic nitrogens is 1. The first kappa shape index (κ1) is 15.2. The van der Waals surface area contributed by atoms with Crippen molar-refractivity contribution in [2.45, 2.75) is 13.2 Å². The van der Waals surface area contributed by atoms with Gasteiger partial charge in [-0.1, -0.05) is 24.3 Å². The summed E-state index contributed by atoms with van der Waals surface area (Å²) in [5, 5.41) is 10.7. The third-order valence-electron chi connectivity index (χ3n) is 4.35. The number of hydrogen-bond acceptors (Lipinski definition) is 4. The first-order valence-electron chi connectivity index (χ1n) is 7.78. The van der Waals surface area contributed by atoms with E-state index in [1.54, 1.807) is 0 Å². The van der Waals surface area contributed by atoms with Crippen molar-refractivity contribution in [1.82, 2.24) is 14.8 Å². The molecule has 1 unspecified atom stereocenters. The van der Waals surface area contributed by atoms with E-state index < -0.39 is 6.23 Å². The van der Waals surface area contributed by atoms with Crippen LogP contribution < -0.4 is 0 Å². The van der Waals surface area contributed by atoms with Crippen molar-refractivity contribution in [3.05, 3.63) is 53.7 Å². The second-order valence-electron chi connectivity index (χ2n) is 6.01. The second-order valence-corrected chi connectivity index (χ2v) is 6.01. The summed E-state index contributed by atoms with van der Waals surface area (Å²) in [5.41, 5.74) is 4.12. The lowest BCUT2D eigenvalue weighted by molar-refractivity contribution is -0.0232. The molecule has 116 valence electrons. The minimum atomic E-state index is -0.544. The van der Waals surface area contributed by atoms with Gasteiger partial charge in [-0.3, -0.25) is 9.88 Å². The summed E-state index contributed by atoms with van der Waals surface area (Å²) in [6, 6.07) is 12.1. The molecule has 0 aliphatic carbocycles. The highest BCUT2D eigenvalue weighted by Crippen LogP contribution is 2.26. The predicted octanol–water partition coefficient (Wildman–Crippen LogP) is 2.30. The quantitative estimate of drug-likeness (QED) is 0.943. The Bertz CT molecular complexity index is 636. The molecule has 0 radical (unpaired) electrons. The molecule has 0 spiro atoms. The molecule has 1 fully saturated rings. The Morgan fingerprint density at radius 3 is 2.59 bits per heavy atom. The zero-order chi connectivity index (χ0) is 15.5. The monoisotopic (exact) mass is 297 g/mol. The van der Waals surface area contributed by atoms with Crippen LogP contribution in [0.15, 0.2) is 42.6 Å². The summed E-state index contributed by atoms with van der Waals surface area (Å²) in [7, 11) is 2.12. The van der Waals surface area contributed by atoms with Crippen molar-refractivity contribution in [2.24, 2.45) is 0 Å². The molecular formula is C18H23N3O. The SMILES string of the molecule is Cc1cccnc1-c1cccc(C(O)N2CCN(C)CC2)c1. The molecule has 0 bridgehead atoms. The molecule has 2 heterocycles. The number of likely N-dealkylation sites (N-methyl/N-ethyl adjacent to an activating group) is 1. The minimum Gasteiger partial charge on any atom is -0.374 e. The molecule has 1 N–H and O–H groups in total. The van der Waals surface area contributed by atoms with E-state index in [1.807, 2.05) is 24.4 Å². The highest BCUT2D eigenvalue weighted by molar-refractivity contribution is 5.63. The maximum Gasteiger partial charge on any atom is 0.133 e. The van der Waals surface area contributed by atoms with Crippen LogP contribution >= 0.6 is 0 Å².